The molecule has 0 fully saturated rings. The van der Waals surface area contributed by atoms with Gasteiger partial charge in [-0.1, -0.05) is 18.2 Å². The van der Waals surface area contributed by atoms with E-state index in [4.69, 9.17) is 9.84 Å². The van der Waals surface area contributed by atoms with Crippen molar-refractivity contribution in [3.63, 3.8) is 0 Å². The number of benzene rings is 1. The molecule has 0 heterocycles. The van der Waals surface area contributed by atoms with E-state index in [1.807, 2.05) is 32.0 Å². The molecular weight excluding hydrogens is 278 g/mol. The molecular formula is C14H19NO4S. The first kappa shape index (κ1) is 16.4. The third-order valence-electron chi connectivity index (χ3n) is 2.54. The van der Waals surface area contributed by atoms with Crippen LogP contribution in [0.15, 0.2) is 18.2 Å². The summed E-state index contributed by atoms with van der Waals surface area (Å²) >= 11 is 1.08. The number of nitrogens with one attached hydrogen (secondary N) is 1. The van der Waals surface area contributed by atoms with Crippen LogP contribution in [0.3, 0.4) is 0 Å². The largest absolute Gasteiger partial charge is 0.491 e. The van der Waals surface area contributed by atoms with Gasteiger partial charge in [0, 0.05) is 0 Å². The quantitative estimate of drug-likeness (QED) is 0.713. The molecule has 1 amide bonds. The Morgan fingerprint density at radius 3 is 2.50 bits per heavy atom. The van der Waals surface area contributed by atoms with Crippen molar-refractivity contribution in [3.8, 4) is 5.75 Å². The molecule has 1 rings (SSSR count). The summed E-state index contributed by atoms with van der Waals surface area (Å²) < 4.78 is 5.65. The first-order valence-electron chi connectivity index (χ1n) is 6.26. The van der Waals surface area contributed by atoms with Gasteiger partial charge in [-0.15, -0.1) is 11.8 Å². The van der Waals surface area contributed by atoms with Crippen LogP contribution in [-0.4, -0.2) is 41.6 Å². The molecule has 0 aliphatic heterocycles. The molecule has 0 bridgehead atoms. The first-order chi connectivity index (χ1) is 9.50. The number of para-hydroxylation sites is 1. The maximum Gasteiger partial charge on any atom is 0.313 e. The fourth-order valence-electron chi connectivity index (χ4n) is 1.65. The van der Waals surface area contributed by atoms with Crippen LogP contribution in [-0.2, 0) is 9.59 Å². The number of carbonyl (C=O) groups excluding carboxylic acids is 1. The fraction of sp³-hybridized carbons (Fsp3) is 0.429. The van der Waals surface area contributed by atoms with Gasteiger partial charge >= 0.3 is 5.97 Å². The Morgan fingerprint density at radius 2 is 1.90 bits per heavy atom. The molecule has 0 radical (unpaired) electrons. The van der Waals surface area contributed by atoms with Crippen molar-refractivity contribution in [1.82, 2.24) is 5.32 Å². The van der Waals surface area contributed by atoms with Crippen molar-refractivity contribution in [2.45, 2.75) is 13.8 Å². The Labute approximate surface area is 122 Å². The van der Waals surface area contributed by atoms with E-state index in [1.54, 1.807) is 0 Å². The average Bonchev–Trinajstić information content (AvgIpc) is 2.37. The SMILES string of the molecule is Cc1cccc(C)c1OCCNC(=O)CSCC(=O)O. The zero-order valence-electron chi connectivity index (χ0n) is 11.6. The molecule has 0 atom stereocenters. The van der Waals surface area contributed by atoms with E-state index in [0.717, 1.165) is 28.6 Å². The monoisotopic (exact) mass is 297 g/mol. The van der Waals surface area contributed by atoms with E-state index in [2.05, 4.69) is 5.32 Å². The molecule has 6 heteroatoms. The van der Waals surface area contributed by atoms with Crippen LogP contribution in [0.25, 0.3) is 0 Å². The fourth-order valence-corrected chi connectivity index (χ4v) is 2.22. The summed E-state index contributed by atoms with van der Waals surface area (Å²) in [5, 5.41) is 11.1. The highest BCUT2D eigenvalue weighted by Gasteiger charge is 2.05. The maximum absolute atomic E-state index is 11.4. The van der Waals surface area contributed by atoms with Crippen molar-refractivity contribution in [3.05, 3.63) is 29.3 Å². The molecule has 1 aromatic rings. The number of hydrogen-bond donors (Lipinski definition) is 2. The highest BCUT2D eigenvalue weighted by molar-refractivity contribution is 8.00. The predicted octanol–water partition coefficient (Wildman–Crippen LogP) is 1.62. The van der Waals surface area contributed by atoms with Crippen LogP contribution >= 0.6 is 11.8 Å². The minimum absolute atomic E-state index is 0.0632. The standard InChI is InChI=1S/C14H19NO4S/c1-10-4-3-5-11(2)14(10)19-7-6-15-12(16)8-20-9-13(17)18/h3-5H,6-9H2,1-2H3,(H,15,16)(H,17,18). The molecule has 0 spiro atoms. The van der Waals surface area contributed by atoms with E-state index in [1.165, 1.54) is 0 Å². The lowest BCUT2D eigenvalue weighted by Crippen LogP contribution is -2.29. The number of amides is 1. The van der Waals surface area contributed by atoms with E-state index < -0.39 is 5.97 Å². The minimum Gasteiger partial charge on any atom is -0.491 e. The van der Waals surface area contributed by atoms with Crippen molar-refractivity contribution in [1.29, 1.82) is 0 Å². The summed E-state index contributed by atoms with van der Waals surface area (Å²) in [5.74, 6) is -0.160. The van der Waals surface area contributed by atoms with Gasteiger partial charge in [0.2, 0.25) is 5.91 Å². The molecule has 2 N–H and O–H groups in total. The number of carbonyl (C=O) groups is 2. The highest BCUT2D eigenvalue weighted by atomic mass is 32.2. The topological polar surface area (TPSA) is 75.6 Å². The molecule has 110 valence electrons. The number of carboxylic acids is 1. The van der Waals surface area contributed by atoms with Gasteiger partial charge in [0.05, 0.1) is 18.1 Å². The van der Waals surface area contributed by atoms with E-state index in [9.17, 15) is 9.59 Å². The Morgan fingerprint density at radius 1 is 1.25 bits per heavy atom. The molecule has 0 aliphatic rings. The van der Waals surface area contributed by atoms with Crippen molar-refractivity contribution >= 4 is 23.6 Å². The number of thioether (sulfide) groups is 1. The smallest absolute Gasteiger partial charge is 0.313 e. The summed E-state index contributed by atoms with van der Waals surface area (Å²) in [6.07, 6.45) is 0. The van der Waals surface area contributed by atoms with Crippen molar-refractivity contribution in [2.24, 2.45) is 0 Å². The molecule has 5 nitrogen and oxygen atoms in total. The van der Waals surface area contributed by atoms with Gasteiger partial charge < -0.3 is 15.2 Å². The molecule has 1 aromatic carbocycles. The highest BCUT2D eigenvalue weighted by Crippen LogP contribution is 2.21. The van der Waals surface area contributed by atoms with Gasteiger partial charge in [-0.25, -0.2) is 0 Å². The number of rotatable bonds is 8. The molecule has 0 unspecified atom stereocenters. The number of carboxylic acid groups (broad SMARTS) is 1. The summed E-state index contributed by atoms with van der Waals surface area (Å²) in [6.45, 7) is 4.74. The summed E-state index contributed by atoms with van der Waals surface area (Å²) in [4.78, 5) is 21.7. The van der Waals surface area contributed by atoms with Gasteiger partial charge in [-0.2, -0.15) is 0 Å². The Hall–Kier alpha value is -1.69. The Bertz CT molecular complexity index is 456. The van der Waals surface area contributed by atoms with Gasteiger partial charge in [0.15, 0.2) is 0 Å². The minimum atomic E-state index is -0.916. The van der Waals surface area contributed by atoms with E-state index >= 15 is 0 Å². The summed E-state index contributed by atoms with van der Waals surface area (Å²) in [5.41, 5.74) is 2.13. The average molecular weight is 297 g/mol. The lowest BCUT2D eigenvalue weighted by molar-refractivity contribution is -0.133. The van der Waals surface area contributed by atoms with E-state index in [0.29, 0.717) is 13.2 Å². The molecule has 0 aromatic heterocycles. The second kappa shape index (κ2) is 8.47. The van der Waals surface area contributed by atoms with Crippen LogP contribution in [0.4, 0.5) is 0 Å². The zero-order valence-corrected chi connectivity index (χ0v) is 12.5. The van der Waals surface area contributed by atoms with Gasteiger partial charge in [0.1, 0.15) is 12.4 Å². The van der Waals surface area contributed by atoms with Gasteiger partial charge in [0.25, 0.3) is 0 Å². The second-order valence-electron chi connectivity index (χ2n) is 4.31. The maximum atomic E-state index is 11.4. The molecule has 20 heavy (non-hydrogen) atoms. The zero-order chi connectivity index (χ0) is 15.0. The number of aryl methyl sites for hydroxylation is 2. The van der Waals surface area contributed by atoms with E-state index in [-0.39, 0.29) is 17.4 Å². The summed E-state index contributed by atoms with van der Waals surface area (Å²) in [7, 11) is 0. The third-order valence-corrected chi connectivity index (χ3v) is 3.46. The number of hydrogen-bond acceptors (Lipinski definition) is 4. The lowest BCUT2D eigenvalue weighted by atomic mass is 10.1. The van der Waals surface area contributed by atoms with Crippen LogP contribution in [0.1, 0.15) is 11.1 Å². The van der Waals surface area contributed by atoms with Crippen molar-refractivity contribution < 1.29 is 19.4 Å². The normalized spacial score (nSPS) is 10.1. The van der Waals surface area contributed by atoms with Crippen LogP contribution in [0.5, 0.6) is 5.75 Å². The Balaban J connectivity index is 2.21. The number of ether oxygens (including phenoxy) is 1. The van der Waals surface area contributed by atoms with Crippen molar-refractivity contribution in [2.75, 3.05) is 24.7 Å². The number of aliphatic carboxylic acids is 1. The Kier molecular flexibility index (Phi) is 6.93. The molecule has 0 saturated heterocycles. The van der Waals surface area contributed by atoms with Crippen LogP contribution in [0, 0.1) is 13.8 Å². The molecule has 0 saturated carbocycles. The third kappa shape index (κ3) is 5.97. The van der Waals surface area contributed by atoms with Crippen LogP contribution in [0.2, 0.25) is 0 Å². The predicted molar refractivity (Wildman–Crippen MR) is 79.4 cm³/mol. The van der Waals surface area contributed by atoms with Crippen LogP contribution < -0.4 is 10.1 Å². The second-order valence-corrected chi connectivity index (χ2v) is 5.29. The lowest BCUT2D eigenvalue weighted by Gasteiger charge is -2.12. The molecule has 0 aliphatic carbocycles. The summed E-state index contributed by atoms with van der Waals surface area (Å²) in [6, 6.07) is 5.92. The van der Waals surface area contributed by atoms with Gasteiger partial charge in [-0.05, 0) is 25.0 Å². The van der Waals surface area contributed by atoms with Gasteiger partial charge in [-0.3, -0.25) is 9.59 Å². The first-order valence-corrected chi connectivity index (χ1v) is 7.41.